The van der Waals surface area contributed by atoms with Gasteiger partial charge in [-0.15, -0.1) is 0 Å². The molecule has 0 saturated carbocycles. The Balaban J connectivity index is 1.47. The molecule has 2 aromatic rings. The van der Waals surface area contributed by atoms with Crippen molar-refractivity contribution < 1.29 is 9.53 Å². The summed E-state index contributed by atoms with van der Waals surface area (Å²) in [7, 11) is 1.61. The van der Waals surface area contributed by atoms with Crippen LogP contribution in [0.2, 0.25) is 0 Å². The van der Waals surface area contributed by atoms with Crippen molar-refractivity contribution in [3.05, 3.63) is 54.4 Å². The molecule has 6 nitrogen and oxygen atoms in total. The number of nitrogens with one attached hydrogen (secondary N) is 2. The predicted octanol–water partition coefficient (Wildman–Crippen LogP) is 2.92. The average Bonchev–Trinajstić information content (AvgIpc) is 2.71. The maximum Gasteiger partial charge on any atom is 0.319 e. The molecule has 0 radical (unpaired) electrons. The smallest absolute Gasteiger partial charge is 0.319 e. The second-order valence-corrected chi connectivity index (χ2v) is 7.33. The molecule has 0 spiro atoms. The molecule has 2 amide bonds. The van der Waals surface area contributed by atoms with Gasteiger partial charge in [0.15, 0.2) is 0 Å². The summed E-state index contributed by atoms with van der Waals surface area (Å²) in [5.41, 5.74) is 1.90. The van der Waals surface area contributed by atoms with Gasteiger partial charge in [-0.25, -0.2) is 4.79 Å². The third-order valence-electron chi connectivity index (χ3n) is 5.79. The van der Waals surface area contributed by atoms with Crippen molar-refractivity contribution >= 4 is 11.7 Å². The number of hydrogen-bond acceptors (Lipinski definition) is 4. The quantitative estimate of drug-likeness (QED) is 0.854. The van der Waals surface area contributed by atoms with Crippen LogP contribution in [0.5, 0.6) is 5.75 Å². The number of carbonyl (C=O) groups is 1. The van der Waals surface area contributed by atoms with E-state index in [4.69, 9.17) is 4.74 Å². The number of fused-ring (bicyclic) bond motifs is 3. The van der Waals surface area contributed by atoms with E-state index in [2.05, 4.69) is 26.6 Å². The van der Waals surface area contributed by atoms with Crippen molar-refractivity contribution in [2.45, 2.75) is 31.3 Å². The van der Waals surface area contributed by atoms with Gasteiger partial charge in [-0.1, -0.05) is 18.2 Å². The molecule has 2 atom stereocenters. The number of carbonyl (C=O) groups excluding carboxylic acids is 1. The molecule has 3 fully saturated rings. The molecule has 2 N–H and O–H groups in total. The van der Waals surface area contributed by atoms with Gasteiger partial charge in [0.05, 0.1) is 12.8 Å². The molecule has 2 bridgehead atoms. The lowest BCUT2D eigenvalue weighted by atomic mass is 9.77. The lowest BCUT2D eigenvalue weighted by Gasteiger charge is -2.51. The molecular formula is C21H26N4O2. The number of pyridine rings is 1. The number of hydrogen-bond donors (Lipinski definition) is 2. The molecule has 1 aromatic heterocycles. The number of ether oxygens (including phenoxy) is 1. The van der Waals surface area contributed by atoms with E-state index >= 15 is 0 Å². The molecule has 27 heavy (non-hydrogen) atoms. The molecule has 0 aliphatic carbocycles. The van der Waals surface area contributed by atoms with Gasteiger partial charge in [-0.05, 0) is 62.0 Å². The van der Waals surface area contributed by atoms with Crippen LogP contribution in [-0.4, -0.2) is 48.2 Å². The fraction of sp³-hybridized carbons (Fsp3) is 0.429. The van der Waals surface area contributed by atoms with Gasteiger partial charge in [-0.2, -0.15) is 0 Å². The van der Waals surface area contributed by atoms with E-state index in [0.29, 0.717) is 23.4 Å². The maximum atomic E-state index is 12.7. The van der Waals surface area contributed by atoms with Crippen LogP contribution in [0.4, 0.5) is 10.5 Å². The Morgan fingerprint density at radius 2 is 2.04 bits per heavy atom. The third kappa shape index (κ3) is 3.90. The van der Waals surface area contributed by atoms with Gasteiger partial charge in [-0.3, -0.25) is 9.88 Å². The van der Waals surface area contributed by atoms with Crippen molar-refractivity contribution in [1.29, 1.82) is 0 Å². The van der Waals surface area contributed by atoms with Crippen LogP contribution in [0.15, 0.2) is 48.8 Å². The van der Waals surface area contributed by atoms with Gasteiger partial charge in [0.1, 0.15) is 5.75 Å². The SMILES string of the molecule is COc1ccccc1NC(=O)N[C@@H]1C2CCN(CC2)[C@@H]1Cc1cccnc1. The highest BCUT2D eigenvalue weighted by molar-refractivity contribution is 5.91. The van der Waals surface area contributed by atoms with Crippen LogP contribution < -0.4 is 15.4 Å². The summed E-state index contributed by atoms with van der Waals surface area (Å²) in [4.78, 5) is 19.5. The van der Waals surface area contributed by atoms with Crippen LogP contribution in [0.3, 0.4) is 0 Å². The summed E-state index contributed by atoms with van der Waals surface area (Å²) < 4.78 is 5.33. The molecule has 3 aliphatic heterocycles. The fourth-order valence-corrected chi connectivity index (χ4v) is 4.44. The zero-order chi connectivity index (χ0) is 18.6. The zero-order valence-electron chi connectivity index (χ0n) is 15.6. The molecule has 0 unspecified atom stereocenters. The third-order valence-corrected chi connectivity index (χ3v) is 5.79. The first kappa shape index (κ1) is 17.8. The first-order valence-corrected chi connectivity index (χ1v) is 9.58. The molecule has 5 rings (SSSR count). The highest BCUT2D eigenvalue weighted by Crippen LogP contribution is 2.34. The van der Waals surface area contributed by atoms with E-state index in [1.165, 1.54) is 5.56 Å². The highest BCUT2D eigenvalue weighted by Gasteiger charge is 2.42. The molecule has 1 aromatic carbocycles. The Hall–Kier alpha value is -2.60. The number of urea groups is 1. The van der Waals surface area contributed by atoms with Crippen LogP contribution in [0.1, 0.15) is 18.4 Å². The molecular weight excluding hydrogens is 340 g/mol. The van der Waals surface area contributed by atoms with Gasteiger partial charge < -0.3 is 15.4 Å². The Kier molecular flexibility index (Phi) is 5.25. The highest BCUT2D eigenvalue weighted by atomic mass is 16.5. The number of nitrogens with zero attached hydrogens (tertiary/aromatic N) is 2. The summed E-state index contributed by atoms with van der Waals surface area (Å²) in [6, 6.07) is 11.8. The van der Waals surface area contributed by atoms with E-state index < -0.39 is 0 Å². The molecule has 142 valence electrons. The van der Waals surface area contributed by atoms with Crippen LogP contribution in [0.25, 0.3) is 0 Å². The van der Waals surface area contributed by atoms with Crippen LogP contribution in [0, 0.1) is 5.92 Å². The number of rotatable bonds is 5. The second kappa shape index (κ2) is 7.96. The van der Waals surface area contributed by atoms with Crippen molar-refractivity contribution in [2.24, 2.45) is 5.92 Å². The minimum atomic E-state index is -0.172. The standard InChI is InChI=1S/C21H26N4O2/c1-27-19-7-3-2-6-17(19)23-21(26)24-20-16-8-11-25(12-9-16)18(20)13-15-5-4-10-22-14-15/h2-7,10,14,16,18,20H,8-9,11-13H2,1H3,(H2,23,24,26)/t18-,20-/m1/s1. The Morgan fingerprint density at radius 1 is 1.22 bits per heavy atom. The van der Waals surface area contributed by atoms with Crippen molar-refractivity contribution in [3.63, 3.8) is 0 Å². The lowest BCUT2D eigenvalue weighted by molar-refractivity contribution is 0.0184. The van der Waals surface area contributed by atoms with Gasteiger partial charge in [0.25, 0.3) is 0 Å². The molecule has 4 heterocycles. The second-order valence-electron chi connectivity index (χ2n) is 7.33. The van der Waals surface area contributed by atoms with Crippen molar-refractivity contribution in [1.82, 2.24) is 15.2 Å². The van der Waals surface area contributed by atoms with E-state index in [1.54, 1.807) is 13.3 Å². The summed E-state index contributed by atoms with van der Waals surface area (Å²) in [5.74, 6) is 1.19. The number of benzene rings is 1. The summed E-state index contributed by atoms with van der Waals surface area (Å²) in [5, 5.41) is 6.20. The van der Waals surface area contributed by atoms with Gasteiger partial charge >= 0.3 is 6.03 Å². The monoisotopic (exact) mass is 366 g/mol. The Bertz CT molecular complexity index is 775. The number of para-hydroxylation sites is 2. The number of aromatic nitrogens is 1. The first-order valence-electron chi connectivity index (χ1n) is 9.58. The molecule has 6 heteroatoms. The van der Waals surface area contributed by atoms with E-state index in [0.717, 1.165) is 32.4 Å². The minimum Gasteiger partial charge on any atom is -0.495 e. The van der Waals surface area contributed by atoms with E-state index in [9.17, 15) is 4.79 Å². The maximum absolute atomic E-state index is 12.7. The minimum absolute atomic E-state index is 0.141. The molecule has 3 saturated heterocycles. The summed E-state index contributed by atoms with van der Waals surface area (Å²) >= 11 is 0. The lowest BCUT2D eigenvalue weighted by Crippen LogP contribution is -2.64. The van der Waals surface area contributed by atoms with Crippen LogP contribution in [-0.2, 0) is 6.42 Å². The topological polar surface area (TPSA) is 66.5 Å². The van der Waals surface area contributed by atoms with Crippen molar-refractivity contribution in [3.8, 4) is 5.75 Å². The molecule has 3 aliphatic rings. The summed E-state index contributed by atoms with van der Waals surface area (Å²) in [6.45, 7) is 2.23. The zero-order valence-corrected chi connectivity index (χ0v) is 15.6. The fourth-order valence-electron chi connectivity index (χ4n) is 4.44. The van der Waals surface area contributed by atoms with Crippen LogP contribution >= 0.6 is 0 Å². The number of methoxy groups -OCH3 is 1. The number of anilines is 1. The van der Waals surface area contributed by atoms with Gasteiger partial charge in [0, 0.05) is 24.5 Å². The predicted molar refractivity (Wildman–Crippen MR) is 105 cm³/mol. The largest absolute Gasteiger partial charge is 0.495 e. The Labute approximate surface area is 159 Å². The van der Waals surface area contributed by atoms with E-state index in [1.807, 2.05) is 36.5 Å². The summed E-state index contributed by atoms with van der Waals surface area (Å²) in [6.07, 6.45) is 6.92. The first-order chi connectivity index (χ1) is 13.2. The van der Waals surface area contributed by atoms with Gasteiger partial charge in [0.2, 0.25) is 0 Å². The van der Waals surface area contributed by atoms with E-state index in [-0.39, 0.29) is 12.1 Å². The number of piperidine rings is 3. The number of amides is 2. The van der Waals surface area contributed by atoms with Crippen molar-refractivity contribution in [2.75, 3.05) is 25.5 Å². The average molecular weight is 366 g/mol. The normalized spacial score (nSPS) is 26.4. The Morgan fingerprint density at radius 3 is 2.78 bits per heavy atom.